The Morgan fingerprint density at radius 1 is 1.53 bits per heavy atom. The Balaban J connectivity index is 2.52. The number of rotatable bonds is 1. The molecule has 0 spiro atoms. The Morgan fingerprint density at radius 2 is 2.12 bits per heavy atom. The normalized spacial score (nSPS) is 30.8. The SMILES string of the molecule is CN1C(=O)C(C)(C)C2C1=CC(C(=O)O)=CC2Br. The molecule has 0 aromatic rings. The molecule has 92 valence electrons. The molecule has 1 heterocycles. The molecule has 1 aliphatic heterocycles. The van der Waals surface area contributed by atoms with Crippen LogP contribution in [0.1, 0.15) is 13.8 Å². The lowest BCUT2D eigenvalue weighted by molar-refractivity contribution is -0.134. The number of carboxylic acid groups (broad SMARTS) is 1. The van der Waals surface area contributed by atoms with Gasteiger partial charge < -0.3 is 10.0 Å². The van der Waals surface area contributed by atoms with Crippen LogP contribution in [-0.2, 0) is 9.59 Å². The number of hydrogen-bond acceptors (Lipinski definition) is 2. The lowest BCUT2D eigenvalue weighted by atomic mass is 9.76. The molecule has 1 amide bonds. The molecule has 0 bridgehead atoms. The number of nitrogens with zero attached hydrogens (tertiary/aromatic N) is 1. The van der Waals surface area contributed by atoms with E-state index in [1.807, 2.05) is 13.8 Å². The van der Waals surface area contributed by atoms with Gasteiger partial charge in [-0.3, -0.25) is 4.79 Å². The number of amides is 1. The summed E-state index contributed by atoms with van der Waals surface area (Å²) in [5.74, 6) is -0.952. The number of allylic oxidation sites excluding steroid dienone is 2. The van der Waals surface area contributed by atoms with Crippen molar-refractivity contribution in [3.63, 3.8) is 0 Å². The second kappa shape index (κ2) is 3.70. The molecule has 0 saturated carbocycles. The summed E-state index contributed by atoms with van der Waals surface area (Å²) in [5.41, 5.74) is 0.507. The number of likely N-dealkylation sites (tertiary alicyclic amines) is 1. The highest BCUT2D eigenvalue weighted by Gasteiger charge is 2.52. The third-order valence-electron chi connectivity index (χ3n) is 3.55. The quantitative estimate of drug-likeness (QED) is 0.751. The summed E-state index contributed by atoms with van der Waals surface area (Å²) in [7, 11) is 1.69. The van der Waals surface area contributed by atoms with E-state index in [0.29, 0.717) is 0 Å². The number of halogens is 1. The first kappa shape index (κ1) is 12.4. The van der Waals surface area contributed by atoms with Crippen molar-refractivity contribution in [3.05, 3.63) is 23.4 Å². The number of aliphatic carboxylic acids is 1. The second-order valence-electron chi connectivity index (χ2n) is 5.00. The summed E-state index contributed by atoms with van der Waals surface area (Å²) >= 11 is 3.48. The Kier molecular flexibility index (Phi) is 2.69. The van der Waals surface area contributed by atoms with E-state index in [0.717, 1.165) is 5.70 Å². The average Bonchev–Trinajstić information content (AvgIpc) is 2.40. The zero-order valence-electron chi connectivity index (χ0n) is 9.90. The first-order valence-corrected chi connectivity index (χ1v) is 6.27. The monoisotopic (exact) mass is 299 g/mol. The van der Waals surface area contributed by atoms with Gasteiger partial charge in [-0.05, 0) is 6.08 Å². The van der Waals surface area contributed by atoms with Crippen molar-refractivity contribution in [2.75, 3.05) is 7.05 Å². The van der Waals surface area contributed by atoms with E-state index in [2.05, 4.69) is 15.9 Å². The fraction of sp³-hybridized carbons (Fsp3) is 0.500. The van der Waals surface area contributed by atoms with Gasteiger partial charge >= 0.3 is 5.97 Å². The largest absolute Gasteiger partial charge is 0.478 e. The molecule has 17 heavy (non-hydrogen) atoms. The van der Waals surface area contributed by atoms with Gasteiger partial charge in [0.25, 0.3) is 0 Å². The van der Waals surface area contributed by atoms with Gasteiger partial charge in [-0.1, -0.05) is 35.9 Å². The van der Waals surface area contributed by atoms with Crippen LogP contribution in [0.2, 0.25) is 0 Å². The molecule has 2 aliphatic rings. The predicted molar refractivity (Wildman–Crippen MR) is 66.6 cm³/mol. The molecule has 0 radical (unpaired) electrons. The molecule has 5 heteroatoms. The van der Waals surface area contributed by atoms with Gasteiger partial charge in [0, 0.05) is 23.5 Å². The first-order valence-electron chi connectivity index (χ1n) is 5.35. The number of hydrogen-bond donors (Lipinski definition) is 1. The van der Waals surface area contributed by atoms with Crippen molar-refractivity contribution >= 4 is 27.8 Å². The minimum atomic E-state index is -0.967. The number of alkyl halides is 1. The molecule has 2 atom stereocenters. The van der Waals surface area contributed by atoms with Gasteiger partial charge in [0.2, 0.25) is 5.91 Å². The number of carbonyl (C=O) groups excluding carboxylic acids is 1. The fourth-order valence-corrected chi connectivity index (χ4v) is 3.83. The summed E-state index contributed by atoms with van der Waals surface area (Å²) < 4.78 is 0. The molecule has 0 aromatic heterocycles. The van der Waals surface area contributed by atoms with Crippen LogP contribution in [0.5, 0.6) is 0 Å². The van der Waals surface area contributed by atoms with Gasteiger partial charge in [-0.25, -0.2) is 4.79 Å². The van der Waals surface area contributed by atoms with Gasteiger partial charge in [0.15, 0.2) is 0 Å². The Hall–Kier alpha value is -1.10. The third-order valence-corrected chi connectivity index (χ3v) is 4.34. The average molecular weight is 300 g/mol. The molecule has 2 unspecified atom stereocenters. The highest BCUT2D eigenvalue weighted by atomic mass is 79.9. The van der Waals surface area contributed by atoms with Crippen LogP contribution < -0.4 is 0 Å². The maximum absolute atomic E-state index is 12.1. The highest BCUT2D eigenvalue weighted by Crippen LogP contribution is 2.49. The van der Waals surface area contributed by atoms with Crippen LogP contribution in [0.15, 0.2) is 23.4 Å². The summed E-state index contributed by atoms with van der Waals surface area (Å²) in [6.45, 7) is 3.79. The summed E-state index contributed by atoms with van der Waals surface area (Å²) in [4.78, 5) is 24.5. The maximum atomic E-state index is 12.1. The fourth-order valence-electron chi connectivity index (χ4n) is 2.62. The molecule has 4 nitrogen and oxygen atoms in total. The number of fused-ring (bicyclic) bond motifs is 1. The van der Waals surface area contributed by atoms with E-state index >= 15 is 0 Å². The van der Waals surface area contributed by atoms with Crippen LogP contribution >= 0.6 is 15.9 Å². The Morgan fingerprint density at radius 3 is 2.65 bits per heavy atom. The van der Waals surface area contributed by atoms with E-state index in [1.165, 1.54) is 0 Å². The zero-order valence-corrected chi connectivity index (χ0v) is 11.5. The molecule has 1 fully saturated rings. The zero-order chi connectivity index (χ0) is 13.0. The third kappa shape index (κ3) is 1.64. The predicted octanol–water partition coefficient (Wildman–Crippen LogP) is 1.77. The summed E-state index contributed by atoms with van der Waals surface area (Å²) in [6, 6.07) is 0. The highest BCUT2D eigenvalue weighted by molar-refractivity contribution is 9.09. The van der Waals surface area contributed by atoms with Crippen molar-refractivity contribution in [2.45, 2.75) is 18.7 Å². The van der Waals surface area contributed by atoms with E-state index in [4.69, 9.17) is 5.11 Å². The Bertz CT molecular complexity index is 464. The van der Waals surface area contributed by atoms with Crippen molar-refractivity contribution in [3.8, 4) is 0 Å². The lowest BCUT2D eigenvalue weighted by Crippen LogP contribution is -2.33. The van der Waals surface area contributed by atoms with Crippen LogP contribution in [0.4, 0.5) is 0 Å². The summed E-state index contributed by atoms with van der Waals surface area (Å²) in [5, 5.41) is 9.02. The van der Waals surface area contributed by atoms with Crippen LogP contribution in [-0.4, -0.2) is 33.8 Å². The van der Waals surface area contributed by atoms with Crippen LogP contribution in [0.25, 0.3) is 0 Å². The van der Waals surface area contributed by atoms with E-state index in [9.17, 15) is 9.59 Å². The van der Waals surface area contributed by atoms with Crippen molar-refractivity contribution < 1.29 is 14.7 Å². The van der Waals surface area contributed by atoms with Crippen LogP contribution in [0, 0.1) is 11.3 Å². The first-order chi connectivity index (χ1) is 7.76. The molecule has 0 aromatic carbocycles. The minimum absolute atomic E-state index is 0.0110. The van der Waals surface area contributed by atoms with Gasteiger partial charge in [0.1, 0.15) is 0 Å². The van der Waals surface area contributed by atoms with Crippen molar-refractivity contribution in [1.82, 2.24) is 4.90 Å². The van der Waals surface area contributed by atoms with Crippen molar-refractivity contribution in [2.24, 2.45) is 11.3 Å². The molecule has 2 rings (SSSR count). The smallest absolute Gasteiger partial charge is 0.335 e. The maximum Gasteiger partial charge on any atom is 0.335 e. The lowest BCUT2D eigenvalue weighted by Gasteiger charge is -2.29. The van der Waals surface area contributed by atoms with Gasteiger partial charge in [-0.2, -0.15) is 0 Å². The van der Waals surface area contributed by atoms with E-state index in [1.54, 1.807) is 24.1 Å². The Labute approximate surface area is 108 Å². The molecule has 1 N–H and O–H groups in total. The molecular formula is C12H14BrNO3. The van der Waals surface area contributed by atoms with Gasteiger partial charge in [-0.15, -0.1) is 0 Å². The molecular weight excluding hydrogens is 286 g/mol. The van der Waals surface area contributed by atoms with E-state index < -0.39 is 11.4 Å². The topological polar surface area (TPSA) is 57.6 Å². The van der Waals surface area contributed by atoms with Crippen molar-refractivity contribution in [1.29, 1.82) is 0 Å². The minimum Gasteiger partial charge on any atom is -0.478 e. The number of carbonyl (C=O) groups is 2. The van der Waals surface area contributed by atoms with Crippen LogP contribution in [0.3, 0.4) is 0 Å². The summed E-state index contributed by atoms with van der Waals surface area (Å²) in [6.07, 6.45) is 3.25. The van der Waals surface area contributed by atoms with Gasteiger partial charge in [0.05, 0.1) is 11.0 Å². The standard InChI is InChI=1S/C12H14BrNO3/c1-12(2)9-7(13)4-6(10(15)16)5-8(9)14(3)11(12)17/h4-5,7,9H,1-3H3,(H,15,16). The molecule has 1 saturated heterocycles. The molecule has 1 aliphatic carbocycles. The van der Waals surface area contributed by atoms with E-state index in [-0.39, 0.29) is 22.2 Å². The second-order valence-corrected chi connectivity index (χ2v) is 6.06. The number of carboxylic acids is 1.